The molecule has 1 aliphatic heterocycles. The van der Waals surface area contributed by atoms with Gasteiger partial charge in [0.05, 0.1) is 10.8 Å². The van der Waals surface area contributed by atoms with Crippen molar-refractivity contribution in [3.8, 4) is 0 Å². The van der Waals surface area contributed by atoms with Crippen molar-refractivity contribution in [3.05, 3.63) is 70.5 Å². The lowest BCUT2D eigenvalue weighted by molar-refractivity contribution is -0.432. The van der Waals surface area contributed by atoms with Crippen LogP contribution in [0.4, 0.5) is 5.69 Å². The van der Waals surface area contributed by atoms with Crippen LogP contribution in [0, 0.1) is 0 Å². The van der Waals surface area contributed by atoms with Gasteiger partial charge in [-0.3, -0.25) is 0 Å². The van der Waals surface area contributed by atoms with E-state index in [0.29, 0.717) is 0 Å². The van der Waals surface area contributed by atoms with Crippen molar-refractivity contribution >= 4 is 50.8 Å². The minimum absolute atomic E-state index is 0.109. The van der Waals surface area contributed by atoms with E-state index in [1.165, 1.54) is 56.8 Å². The lowest BCUT2D eigenvalue weighted by atomic mass is 9.81. The molecule has 158 valence electrons. The highest BCUT2D eigenvalue weighted by molar-refractivity contribution is 6.31. The molecule has 2 nitrogen and oxygen atoms in total. The third kappa shape index (κ3) is 3.03. The predicted octanol–water partition coefficient (Wildman–Crippen LogP) is 6.84. The summed E-state index contributed by atoms with van der Waals surface area (Å²) in [6.45, 7) is 11.1. The molecule has 2 heterocycles. The minimum atomic E-state index is -0.109. The SMILES string of the molecule is CCCCn1/c(=C/C2=[N+](CC)c3ccc(Cl)cc3C2(C)C)c2cccc3cccc1c32. The molecule has 4 aromatic rings. The molecule has 3 heteroatoms. The second-order valence-corrected chi connectivity index (χ2v) is 9.57. The lowest BCUT2D eigenvalue weighted by Gasteiger charge is -2.16. The summed E-state index contributed by atoms with van der Waals surface area (Å²) in [5, 5.41) is 6.17. The van der Waals surface area contributed by atoms with Crippen LogP contribution in [-0.4, -0.2) is 21.4 Å². The van der Waals surface area contributed by atoms with Crippen LogP contribution < -0.4 is 5.35 Å². The molecule has 1 aliphatic rings. The van der Waals surface area contributed by atoms with Crippen LogP contribution in [0.5, 0.6) is 0 Å². The van der Waals surface area contributed by atoms with Crippen molar-refractivity contribution in [2.45, 2.75) is 52.5 Å². The molecule has 0 saturated carbocycles. The molecule has 0 saturated heterocycles. The molecule has 1 aromatic heterocycles. The summed E-state index contributed by atoms with van der Waals surface area (Å²) in [4.78, 5) is 0. The average Bonchev–Trinajstić information content (AvgIpc) is 3.17. The van der Waals surface area contributed by atoms with Crippen LogP contribution in [-0.2, 0) is 12.0 Å². The lowest BCUT2D eigenvalue weighted by Crippen LogP contribution is -2.31. The summed E-state index contributed by atoms with van der Waals surface area (Å²) in [7, 11) is 0. The highest BCUT2D eigenvalue weighted by Crippen LogP contribution is 2.41. The van der Waals surface area contributed by atoms with Gasteiger partial charge in [-0.15, -0.1) is 0 Å². The molecule has 0 aliphatic carbocycles. The number of rotatable bonds is 5. The zero-order chi connectivity index (χ0) is 21.8. The second kappa shape index (κ2) is 7.53. The van der Waals surface area contributed by atoms with Crippen molar-refractivity contribution in [3.63, 3.8) is 0 Å². The third-order valence-corrected chi connectivity index (χ3v) is 7.15. The number of benzene rings is 3. The van der Waals surface area contributed by atoms with Gasteiger partial charge < -0.3 is 4.57 Å². The Morgan fingerprint density at radius 2 is 1.81 bits per heavy atom. The van der Waals surface area contributed by atoms with Crippen molar-refractivity contribution in [2.24, 2.45) is 0 Å². The van der Waals surface area contributed by atoms with E-state index in [0.717, 1.165) is 18.1 Å². The van der Waals surface area contributed by atoms with Gasteiger partial charge in [0.2, 0.25) is 5.69 Å². The number of halogens is 1. The Kier molecular flexibility index (Phi) is 4.94. The van der Waals surface area contributed by atoms with E-state index < -0.39 is 0 Å². The summed E-state index contributed by atoms with van der Waals surface area (Å²) < 4.78 is 4.99. The fraction of sp³-hybridized carbons (Fsp3) is 0.321. The van der Waals surface area contributed by atoms with Gasteiger partial charge in [-0.05, 0) is 50.8 Å². The smallest absolute Gasteiger partial charge is 0.209 e. The molecule has 0 N–H and O–H groups in total. The number of hydrogen-bond donors (Lipinski definition) is 0. The molecule has 0 atom stereocenters. The Morgan fingerprint density at radius 3 is 2.55 bits per heavy atom. The van der Waals surface area contributed by atoms with Gasteiger partial charge in [-0.2, -0.15) is 4.58 Å². The Bertz CT molecular complexity index is 1380. The molecule has 0 fully saturated rings. The molecule has 0 amide bonds. The van der Waals surface area contributed by atoms with E-state index in [2.05, 4.69) is 91.4 Å². The molecule has 31 heavy (non-hydrogen) atoms. The van der Waals surface area contributed by atoms with Crippen molar-refractivity contribution in [1.82, 2.24) is 4.57 Å². The van der Waals surface area contributed by atoms with Gasteiger partial charge in [-0.25, -0.2) is 0 Å². The van der Waals surface area contributed by atoms with E-state index in [1.807, 2.05) is 6.07 Å². The van der Waals surface area contributed by atoms with E-state index in [4.69, 9.17) is 11.6 Å². The normalized spacial score (nSPS) is 16.1. The van der Waals surface area contributed by atoms with E-state index >= 15 is 0 Å². The number of fused-ring (bicyclic) bond motifs is 1. The van der Waals surface area contributed by atoms with Gasteiger partial charge in [0.25, 0.3) is 0 Å². The van der Waals surface area contributed by atoms with Gasteiger partial charge in [0.15, 0.2) is 5.71 Å². The minimum Gasteiger partial charge on any atom is -0.340 e. The zero-order valence-corrected chi connectivity index (χ0v) is 19.6. The zero-order valence-electron chi connectivity index (χ0n) is 18.9. The van der Waals surface area contributed by atoms with Crippen molar-refractivity contribution < 1.29 is 4.58 Å². The number of nitrogens with zero attached hydrogens (tertiary/aromatic N) is 2. The maximum Gasteiger partial charge on any atom is 0.209 e. The standard InChI is InChI=1S/C28H30ClN2/c1-5-7-16-31-24-13-9-11-19-10-8-12-21(27(19)24)25(31)18-26-28(3,4)22-17-20(29)14-15-23(22)30(26)6-2/h8-15,17-18H,5-7,16H2,1-4H3/q+1. The molecule has 5 rings (SSSR count). The Hall–Kier alpha value is -2.58. The first-order chi connectivity index (χ1) is 15.0. The Morgan fingerprint density at radius 1 is 1.03 bits per heavy atom. The fourth-order valence-corrected chi connectivity index (χ4v) is 5.50. The number of aryl methyl sites for hydroxylation is 1. The number of unbranched alkanes of at least 4 members (excludes halogenated alkanes) is 1. The summed E-state index contributed by atoms with van der Waals surface area (Å²) in [6, 6.07) is 19.7. The molecule has 0 spiro atoms. The highest BCUT2D eigenvalue weighted by atomic mass is 35.5. The number of hydrogen-bond acceptors (Lipinski definition) is 0. The number of aromatic nitrogens is 1. The first-order valence-corrected chi connectivity index (χ1v) is 11.8. The topological polar surface area (TPSA) is 7.94 Å². The molecular weight excluding hydrogens is 400 g/mol. The van der Waals surface area contributed by atoms with Crippen molar-refractivity contribution in [2.75, 3.05) is 6.54 Å². The van der Waals surface area contributed by atoms with Gasteiger partial charge in [0.1, 0.15) is 6.54 Å². The van der Waals surface area contributed by atoms with Crippen LogP contribution in [0.25, 0.3) is 27.8 Å². The van der Waals surface area contributed by atoms with Gasteiger partial charge in [0, 0.05) is 45.6 Å². The average molecular weight is 430 g/mol. The Balaban J connectivity index is 1.86. The maximum absolute atomic E-state index is 6.40. The van der Waals surface area contributed by atoms with Crippen LogP contribution >= 0.6 is 11.6 Å². The van der Waals surface area contributed by atoms with E-state index in [1.54, 1.807) is 0 Å². The summed E-state index contributed by atoms with van der Waals surface area (Å²) in [5.41, 5.74) is 5.16. The molecular formula is C28H30ClN2+. The van der Waals surface area contributed by atoms with Crippen LogP contribution in [0.2, 0.25) is 5.02 Å². The molecule has 0 bridgehead atoms. The second-order valence-electron chi connectivity index (χ2n) is 9.13. The maximum atomic E-state index is 6.40. The molecule has 0 radical (unpaired) electrons. The first-order valence-electron chi connectivity index (χ1n) is 11.4. The van der Waals surface area contributed by atoms with E-state index in [9.17, 15) is 0 Å². The highest BCUT2D eigenvalue weighted by Gasteiger charge is 2.44. The Labute approximate surface area is 189 Å². The predicted molar refractivity (Wildman–Crippen MR) is 134 cm³/mol. The fourth-order valence-electron chi connectivity index (χ4n) is 5.33. The van der Waals surface area contributed by atoms with E-state index in [-0.39, 0.29) is 5.41 Å². The summed E-state index contributed by atoms with van der Waals surface area (Å²) in [6.07, 6.45) is 4.80. The van der Waals surface area contributed by atoms with Crippen LogP contribution in [0.3, 0.4) is 0 Å². The summed E-state index contributed by atoms with van der Waals surface area (Å²) in [5.74, 6) is 0. The van der Waals surface area contributed by atoms with Crippen LogP contribution in [0.1, 0.15) is 46.1 Å². The molecule has 0 unspecified atom stereocenters. The third-order valence-electron chi connectivity index (χ3n) is 6.92. The van der Waals surface area contributed by atoms with Crippen LogP contribution in [0.15, 0.2) is 54.6 Å². The first kappa shape index (κ1) is 20.3. The quantitative estimate of drug-likeness (QED) is 0.307. The largest absolute Gasteiger partial charge is 0.340 e. The molecule has 3 aromatic carbocycles. The monoisotopic (exact) mass is 429 g/mol. The van der Waals surface area contributed by atoms with Gasteiger partial charge >= 0.3 is 0 Å². The summed E-state index contributed by atoms with van der Waals surface area (Å²) >= 11 is 6.40. The van der Waals surface area contributed by atoms with Gasteiger partial charge in [-0.1, -0.05) is 55.3 Å². The van der Waals surface area contributed by atoms with Crippen molar-refractivity contribution in [1.29, 1.82) is 0 Å².